The minimum Gasteiger partial charge on any atom is -0.481 e. The van der Waals surface area contributed by atoms with Gasteiger partial charge in [-0.25, -0.2) is 0 Å². The second kappa shape index (κ2) is 8.41. The number of aliphatic hydroxyl groups excluding tert-OH is 1. The SMILES string of the molecule is CCC(CO)(COC(=O)CCCCC(=O)O)[N+](=O)[O-]. The van der Waals surface area contributed by atoms with Crippen molar-refractivity contribution in [2.24, 2.45) is 0 Å². The zero-order valence-corrected chi connectivity index (χ0v) is 10.8. The van der Waals surface area contributed by atoms with Gasteiger partial charge in [-0.15, -0.1) is 0 Å². The molecule has 0 saturated carbocycles. The fourth-order valence-corrected chi connectivity index (χ4v) is 1.33. The maximum Gasteiger partial charge on any atom is 0.306 e. The molecule has 0 aromatic heterocycles. The van der Waals surface area contributed by atoms with Gasteiger partial charge in [-0.05, 0) is 12.8 Å². The lowest BCUT2D eigenvalue weighted by atomic mass is 10.00. The van der Waals surface area contributed by atoms with E-state index in [1.165, 1.54) is 6.92 Å². The van der Waals surface area contributed by atoms with Gasteiger partial charge in [-0.3, -0.25) is 19.7 Å². The highest BCUT2D eigenvalue weighted by Gasteiger charge is 2.42. The number of carbonyl (C=O) groups is 2. The Kier molecular flexibility index (Phi) is 7.66. The van der Waals surface area contributed by atoms with Gasteiger partial charge in [-0.2, -0.15) is 0 Å². The summed E-state index contributed by atoms with van der Waals surface area (Å²) in [5, 5.41) is 28.3. The molecule has 0 aliphatic heterocycles. The van der Waals surface area contributed by atoms with E-state index in [9.17, 15) is 19.7 Å². The number of esters is 1. The van der Waals surface area contributed by atoms with Crippen LogP contribution < -0.4 is 0 Å². The summed E-state index contributed by atoms with van der Waals surface area (Å²) < 4.78 is 4.77. The highest BCUT2D eigenvalue weighted by molar-refractivity contribution is 5.69. The molecule has 0 bridgehead atoms. The minimum atomic E-state index is -1.66. The van der Waals surface area contributed by atoms with Crippen molar-refractivity contribution in [2.75, 3.05) is 13.2 Å². The molecule has 0 spiro atoms. The van der Waals surface area contributed by atoms with Crippen molar-refractivity contribution in [3.05, 3.63) is 10.1 Å². The van der Waals surface area contributed by atoms with Crippen LogP contribution in [0.1, 0.15) is 39.0 Å². The van der Waals surface area contributed by atoms with Gasteiger partial charge in [-0.1, -0.05) is 6.92 Å². The number of hydrogen-bond acceptors (Lipinski definition) is 6. The van der Waals surface area contributed by atoms with Crippen LogP contribution in [0.25, 0.3) is 0 Å². The van der Waals surface area contributed by atoms with Gasteiger partial charge in [0.15, 0.2) is 6.61 Å². The number of ether oxygens (including phenoxy) is 1. The molecule has 0 aromatic carbocycles. The molecule has 0 aliphatic carbocycles. The lowest BCUT2D eigenvalue weighted by Gasteiger charge is -2.21. The second-order valence-corrected chi connectivity index (χ2v) is 4.25. The molecule has 110 valence electrons. The number of rotatable bonds is 10. The number of carboxylic acids is 1. The third-order valence-corrected chi connectivity index (χ3v) is 2.86. The Labute approximate surface area is 110 Å². The molecule has 0 fully saturated rings. The average Bonchev–Trinajstić information content (AvgIpc) is 2.36. The van der Waals surface area contributed by atoms with E-state index in [4.69, 9.17) is 14.9 Å². The molecule has 1 atom stereocenters. The van der Waals surface area contributed by atoms with Crippen molar-refractivity contribution < 1.29 is 29.5 Å². The molecule has 2 N–H and O–H groups in total. The summed E-state index contributed by atoms with van der Waals surface area (Å²) in [6.45, 7) is 0.341. The van der Waals surface area contributed by atoms with Crippen LogP contribution in [0.5, 0.6) is 0 Å². The van der Waals surface area contributed by atoms with Crippen molar-refractivity contribution >= 4 is 11.9 Å². The van der Waals surface area contributed by atoms with Crippen LogP contribution in [0, 0.1) is 10.1 Å². The Morgan fingerprint density at radius 1 is 1.32 bits per heavy atom. The van der Waals surface area contributed by atoms with Crippen LogP contribution in [0.15, 0.2) is 0 Å². The number of carbonyl (C=O) groups excluding carboxylic acids is 1. The quantitative estimate of drug-likeness (QED) is 0.259. The number of nitro groups is 1. The van der Waals surface area contributed by atoms with Crippen molar-refractivity contribution in [2.45, 2.75) is 44.6 Å². The van der Waals surface area contributed by atoms with Crippen molar-refractivity contribution in [3.63, 3.8) is 0 Å². The topological polar surface area (TPSA) is 127 Å². The van der Waals surface area contributed by atoms with E-state index in [2.05, 4.69) is 0 Å². The molecule has 8 heteroatoms. The van der Waals surface area contributed by atoms with E-state index >= 15 is 0 Å². The fraction of sp³-hybridized carbons (Fsp3) is 0.818. The van der Waals surface area contributed by atoms with Gasteiger partial charge in [0.25, 0.3) is 5.54 Å². The molecule has 1 unspecified atom stereocenters. The molecule has 0 saturated heterocycles. The first-order chi connectivity index (χ1) is 8.88. The van der Waals surface area contributed by atoms with Gasteiger partial charge < -0.3 is 14.9 Å². The molecule has 0 radical (unpaired) electrons. The van der Waals surface area contributed by atoms with Crippen molar-refractivity contribution in [1.29, 1.82) is 0 Å². The highest BCUT2D eigenvalue weighted by Crippen LogP contribution is 2.15. The summed E-state index contributed by atoms with van der Waals surface area (Å²) in [6, 6.07) is 0. The summed E-state index contributed by atoms with van der Waals surface area (Å²) in [5.41, 5.74) is -1.66. The Bertz CT molecular complexity index is 325. The number of carboxylic acid groups (broad SMARTS) is 1. The molecule has 0 rings (SSSR count). The first-order valence-corrected chi connectivity index (χ1v) is 6.00. The lowest BCUT2D eigenvalue weighted by molar-refractivity contribution is -0.577. The van der Waals surface area contributed by atoms with E-state index in [1.54, 1.807) is 0 Å². The smallest absolute Gasteiger partial charge is 0.306 e. The minimum absolute atomic E-state index is 0.0101. The Morgan fingerprint density at radius 3 is 2.32 bits per heavy atom. The van der Waals surface area contributed by atoms with E-state index < -0.39 is 35.6 Å². The zero-order chi connectivity index (χ0) is 14.9. The second-order valence-electron chi connectivity index (χ2n) is 4.25. The largest absolute Gasteiger partial charge is 0.481 e. The number of nitrogens with zero attached hydrogens (tertiary/aromatic N) is 1. The van der Waals surface area contributed by atoms with Gasteiger partial charge in [0.05, 0.1) is 0 Å². The number of aliphatic carboxylic acids is 1. The Hall–Kier alpha value is -1.70. The standard InChI is InChI=1S/C11H19NO7/c1-2-11(7-13,12(17)18)8-19-10(16)6-4-3-5-9(14)15/h13H,2-8H2,1H3,(H,14,15). The molecule has 0 heterocycles. The fourth-order valence-electron chi connectivity index (χ4n) is 1.33. The van der Waals surface area contributed by atoms with Gasteiger partial charge in [0.1, 0.15) is 6.61 Å². The van der Waals surface area contributed by atoms with Crippen LogP contribution in [-0.4, -0.2) is 45.8 Å². The normalized spacial score (nSPS) is 13.6. The molecular weight excluding hydrogens is 258 g/mol. The molecule has 8 nitrogen and oxygen atoms in total. The molecular formula is C11H19NO7. The summed E-state index contributed by atoms with van der Waals surface area (Å²) in [6.07, 6.45) is 0.719. The number of hydrogen-bond donors (Lipinski definition) is 2. The monoisotopic (exact) mass is 277 g/mol. The third kappa shape index (κ3) is 6.14. The van der Waals surface area contributed by atoms with E-state index in [0.717, 1.165) is 0 Å². The van der Waals surface area contributed by atoms with Crippen LogP contribution in [-0.2, 0) is 14.3 Å². The van der Waals surface area contributed by atoms with E-state index in [1.807, 2.05) is 0 Å². The van der Waals surface area contributed by atoms with Crippen LogP contribution in [0.2, 0.25) is 0 Å². The number of unbranched alkanes of at least 4 members (excludes halogenated alkanes) is 1. The van der Waals surface area contributed by atoms with Gasteiger partial charge in [0, 0.05) is 24.2 Å². The van der Waals surface area contributed by atoms with Gasteiger partial charge in [0.2, 0.25) is 0 Å². The van der Waals surface area contributed by atoms with Crippen LogP contribution in [0.4, 0.5) is 0 Å². The van der Waals surface area contributed by atoms with Crippen molar-refractivity contribution in [1.82, 2.24) is 0 Å². The first kappa shape index (κ1) is 17.3. The van der Waals surface area contributed by atoms with Crippen LogP contribution >= 0.6 is 0 Å². The molecule has 0 amide bonds. The van der Waals surface area contributed by atoms with E-state index in [-0.39, 0.29) is 19.3 Å². The molecule has 0 aliphatic rings. The van der Waals surface area contributed by atoms with Crippen molar-refractivity contribution in [3.8, 4) is 0 Å². The molecule has 19 heavy (non-hydrogen) atoms. The Balaban J connectivity index is 4.06. The lowest BCUT2D eigenvalue weighted by Crippen LogP contribution is -2.46. The maximum atomic E-state index is 11.3. The predicted octanol–water partition coefficient (Wildman–Crippen LogP) is 0.592. The predicted molar refractivity (Wildman–Crippen MR) is 64.2 cm³/mol. The van der Waals surface area contributed by atoms with E-state index in [0.29, 0.717) is 12.8 Å². The number of aliphatic hydroxyl groups is 1. The average molecular weight is 277 g/mol. The third-order valence-electron chi connectivity index (χ3n) is 2.86. The highest BCUT2D eigenvalue weighted by atomic mass is 16.6. The summed E-state index contributed by atoms with van der Waals surface area (Å²) >= 11 is 0. The van der Waals surface area contributed by atoms with Crippen LogP contribution in [0.3, 0.4) is 0 Å². The summed E-state index contributed by atoms with van der Waals surface area (Å²) in [7, 11) is 0. The van der Waals surface area contributed by atoms with Gasteiger partial charge >= 0.3 is 11.9 Å². The summed E-state index contributed by atoms with van der Waals surface area (Å²) in [4.78, 5) is 31.7. The molecule has 0 aromatic rings. The zero-order valence-electron chi connectivity index (χ0n) is 10.8. The maximum absolute atomic E-state index is 11.3. The Morgan fingerprint density at radius 2 is 1.89 bits per heavy atom. The first-order valence-electron chi connectivity index (χ1n) is 6.00. The summed E-state index contributed by atoms with van der Waals surface area (Å²) in [5.74, 6) is -1.56.